The average Bonchev–Trinajstić information content (AvgIpc) is 2.49. The molecule has 0 aliphatic carbocycles. The Morgan fingerprint density at radius 3 is 2.52 bits per heavy atom. The van der Waals surface area contributed by atoms with Gasteiger partial charge in [0.15, 0.2) is 6.61 Å². The van der Waals surface area contributed by atoms with Crippen molar-refractivity contribution in [1.29, 1.82) is 0 Å². The van der Waals surface area contributed by atoms with Gasteiger partial charge in [0.25, 0.3) is 5.91 Å². The predicted octanol–water partition coefficient (Wildman–Crippen LogP) is 2.33. The number of aromatic hydroxyl groups is 2. The Morgan fingerprint density at radius 1 is 1.17 bits per heavy atom. The first-order valence-corrected chi connectivity index (χ1v) is 7.00. The molecular weight excluding hydrogens is 296 g/mol. The standard InChI is InChI=1S/C17H18N2O4/c1-11-4-3-5-16(6-11)23-10-17(22)19-18-12(2)13-7-14(20)9-15(21)8-13/h3-9,20-21H,10H2,1-2H3,(H,19,22)/b18-12+. The quantitative estimate of drug-likeness (QED) is 0.583. The molecule has 0 atom stereocenters. The van der Waals surface area contributed by atoms with Gasteiger partial charge in [-0.15, -0.1) is 0 Å². The number of phenolic OH excluding ortho intramolecular Hbond substituents is 2. The number of benzene rings is 2. The largest absolute Gasteiger partial charge is 0.508 e. The molecule has 0 saturated carbocycles. The van der Waals surface area contributed by atoms with Crippen LogP contribution in [0.2, 0.25) is 0 Å². The lowest BCUT2D eigenvalue weighted by Gasteiger charge is -2.07. The van der Waals surface area contributed by atoms with Crippen molar-refractivity contribution in [3.05, 3.63) is 53.6 Å². The first kappa shape index (κ1) is 16.4. The fourth-order valence-electron chi connectivity index (χ4n) is 1.90. The number of ether oxygens (including phenoxy) is 1. The Labute approximate surface area is 134 Å². The molecule has 0 fully saturated rings. The molecular formula is C17H18N2O4. The van der Waals surface area contributed by atoms with E-state index in [2.05, 4.69) is 10.5 Å². The van der Waals surface area contributed by atoms with Gasteiger partial charge < -0.3 is 14.9 Å². The summed E-state index contributed by atoms with van der Waals surface area (Å²) in [5.41, 5.74) is 4.35. The lowest BCUT2D eigenvalue weighted by molar-refractivity contribution is -0.123. The van der Waals surface area contributed by atoms with Gasteiger partial charge in [-0.2, -0.15) is 5.10 Å². The Bertz CT molecular complexity index is 721. The van der Waals surface area contributed by atoms with Crippen molar-refractivity contribution in [2.45, 2.75) is 13.8 Å². The minimum atomic E-state index is -0.407. The average molecular weight is 314 g/mol. The number of aryl methyl sites for hydroxylation is 1. The van der Waals surface area contributed by atoms with Crippen LogP contribution >= 0.6 is 0 Å². The number of carbonyl (C=O) groups is 1. The third-order valence-electron chi connectivity index (χ3n) is 3.03. The monoisotopic (exact) mass is 314 g/mol. The van der Waals surface area contributed by atoms with Crippen LogP contribution in [0.3, 0.4) is 0 Å². The first-order chi connectivity index (χ1) is 10.9. The summed E-state index contributed by atoms with van der Waals surface area (Å²) in [5, 5.41) is 22.8. The van der Waals surface area contributed by atoms with Gasteiger partial charge in [0.05, 0.1) is 5.71 Å². The van der Waals surface area contributed by atoms with Crippen LogP contribution < -0.4 is 10.2 Å². The molecule has 0 saturated heterocycles. The molecule has 0 aliphatic rings. The van der Waals surface area contributed by atoms with E-state index >= 15 is 0 Å². The molecule has 120 valence electrons. The summed E-state index contributed by atoms with van der Waals surface area (Å²) in [6.07, 6.45) is 0. The minimum Gasteiger partial charge on any atom is -0.508 e. The first-order valence-electron chi connectivity index (χ1n) is 7.00. The van der Waals surface area contributed by atoms with Crippen molar-refractivity contribution in [1.82, 2.24) is 5.43 Å². The molecule has 2 aromatic rings. The van der Waals surface area contributed by atoms with Crippen molar-refractivity contribution in [2.75, 3.05) is 6.61 Å². The second-order valence-electron chi connectivity index (χ2n) is 5.08. The summed E-state index contributed by atoms with van der Waals surface area (Å²) in [5.74, 6) is 0.0429. The number of hydrazone groups is 1. The van der Waals surface area contributed by atoms with E-state index in [-0.39, 0.29) is 18.1 Å². The van der Waals surface area contributed by atoms with E-state index in [1.807, 2.05) is 25.1 Å². The maximum Gasteiger partial charge on any atom is 0.277 e. The van der Waals surface area contributed by atoms with Crippen molar-refractivity contribution >= 4 is 11.6 Å². The molecule has 0 bridgehead atoms. The number of hydrogen-bond donors (Lipinski definition) is 3. The van der Waals surface area contributed by atoms with E-state index in [0.29, 0.717) is 17.0 Å². The molecule has 0 heterocycles. The smallest absolute Gasteiger partial charge is 0.277 e. The summed E-state index contributed by atoms with van der Waals surface area (Å²) >= 11 is 0. The summed E-state index contributed by atoms with van der Waals surface area (Å²) in [6.45, 7) is 3.42. The Balaban J connectivity index is 1.92. The normalized spacial score (nSPS) is 11.1. The zero-order valence-corrected chi connectivity index (χ0v) is 12.9. The van der Waals surface area contributed by atoms with Gasteiger partial charge >= 0.3 is 0 Å². The second-order valence-corrected chi connectivity index (χ2v) is 5.08. The fourth-order valence-corrected chi connectivity index (χ4v) is 1.90. The van der Waals surface area contributed by atoms with Crippen LogP contribution in [-0.2, 0) is 4.79 Å². The number of phenols is 2. The van der Waals surface area contributed by atoms with Crippen molar-refractivity contribution in [3.63, 3.8) is 0 Å². The number of nitrogens with one attached hydrogen (secondary N) is 1. The molecule has 0 radical (unpaired) electrons. The van der Waals surface area contributed by atoms with Gasteiger partial charge in [0.1, 0.15) is 17.2 Å². The van der Waals surface area contributed by atoms with E-state index in [0.717, 1.165) is 5.56 Å². The lowest BCUT2D eigenvalue weighted by atomic mass is 10.1. The van der Waals surface area contributed by atoms with Crippen molar-refractivity contribution < 1.29 is 19.7 Å². The highest BCUT2D eigenvalue weighted by molar-refractivity contribution is 5.99. The highest BCUT2D eigenvalue weighted by Gasteiger charge is 2.05. The van der Waals surface area contributed by atoms with Crippen molar-refractivity contribution in [3.8, 4) is 17.2 Å². The SMILES string of the molecule is C/C(=N\NC(=O)COc1cccc(C)c1)c1cc(O)cc(O)c1. The Kier molecular flexibility index (Phi) is 5.19. The number of amides is 1. The highest BCUT2D eigenvalue weighted by Crippen LogP contribution is 2.20. The van der Waals surface area contributed by atoms with E-state index in [1.165, 1.54) is 18.2 Å². The Hall–Kier alpha value is -3.02. The molecule has 0 aliphatic heterocycles. The molecule has 3 N–H and O–H groups in total. The summed E-state index contributed by atoms with van der Waals surface area (Å²) in [7, 11) is 0. The van der Waals surface area contributed by atoms with Gasteiger partial charge in [0, 0.05) is 11.6 Å². The second kappa shape index (κ2) is 7.31. The summed E-state index contributed by atoms with van der Waals surface area (Å²) in [6, 6.07) is 11.5. The molecule has 1 amide bonds. The lowest BCUT2D eigenvalue weighted by Crippen LogP contribution is -2.25. The van der Waals surface area contributed by atoms with Gasteiger partial charge in [-0.05, 0) is 43.7 Å². The number of carbonyl (C=O) groups excluding carboxylic acids is 1. The van der Waals surface area contributed by atoms with Gasteiger partial charge in [0.2, 0.25) is 0 Å². The molecule has 2 rings (SSSR count). The summed E-state index contributed by atoms with van der Waals surface area (Å²) in [4.78, 5) is 11.7. The van der Waals surface area contributed by atoms with E-state index in [9.17, 15) is 15.0 Å². The van der Waals surface area contributed by atoms with Gasteiger partial charge in [-0.1, -0.05) is 12.1 Å². The third kappa shape index (κ3) is 5.03. The molecule has 0 unspecified atom stereocenters. The zero-order valence-electron chi connectivity index (χ0n) is 12.9. The molecule has 2 aromatic carbocycles. The molecule has 6 heteroatoms. The number of rotatable bonds is 5. The van der Waals surface area contributed by atoms with Gasteiger partial charge in [-0.25, -0.2) is 5.43 Å². The summed E-state index contributed by atoms with van der Waals surface area (Å²) < 4.78 is 5.36. The van der Waals surface area contributed by atoms with E-state index in [1.54, 1.807) is 13.0 Å². The van der Waals surface area contributed by atoms with Crippen LogP contribution in [0.4, 0.5) is 0 Å². The molecule has 0 spiro atoms. The Morgan fingerprint density at radius 2 is 1.87 bits per heavy atom. The highest BCUT2D eigenvalue weighted by atomic mass is 16.5. The molecule has 6 nitrogen and oxygen atoms in total. The van der Waals surface area contributed by atoms with E-state index in [4.69, 9.17) is 4.74 Å². The van der Waals surface area contributed by atoms with Crippen LogP contribution in [0.25, 0.3) is 0 Å². The van der Waals surface area contributed by atoms with E-state index < -0.39 is 5.91 Å². The molecule has 23 heavy (non-hydrogen) atoms. The van der Waals surface area contributed by atoms with Crippen LogP contribution in [0, 0.1) is 6.92 Å². The number of hydrogen-bond acceptors (Lipinski definition) is 5. The predicted molar refractivity (Wildman–Crippen MR) is 86.8 cm³/mol. The minimum absolute atomic E-state index is 0.0799. The van der Waals surface area contributed by atoms with Gasteiger partial charge in [-0.3, -0.25) is 4.79 Å². The number of nitrogens with zero attached hydrogens (tertiary/aromatic N) is 1. The van der Waals surface area contributed by atoms with Crippen LogP contribution in [-0.4, -0.2) is 28.4 Å². The third-order valence-corrected chi connectivity index (χ3v) is 3.03. The van der Waals surface area contributed by atoms with Crippen LogP contribution in [0.5, 0.6) is 17.2 Å². The fraction of sp³-hybridized carbons (Fsp3) is 0.176. The molecule has 0 aromatic heterocycles. The van der Waals surface area contributed by atoms with Crippen LogP contribution in [0.1, 0.15) is 18.1 Å². The maximum atomic E-state index is 11.7. The van der Waals surface area contributed by atoms with Crippen LogP contribution in [0.15, 0.2) is 47.6 Å². The topological polar surface area (TPSA) is 91.2 Å². The van der Waals surface area contributed by atoms with Crippen molar-refractivity contribution in [2.24, 2.45) is 5.10 Å². The zero-order chi connectivity index (χ0) is 16.8. The maximum absolute atomic E-state index is 11.7.